The molecule has 0 spiro atoms. The molecule has 9 heteroatoms. The van der Waals surface area contributed by atoms with Gasteiger partial charge in [-0.05, 0) is 29.6 Å². The third kappa shape index (κ3) is 3.42. The first-order valence-electron chi connectivity index (χ1n) is 7.38. The van der Waals surface area contributed by atoms with E-state index in [0.717, 1.165) is 4.88 Å². The number of nitrogens with zero attached hydrogens (tertiary/aromatic N) is 2. The zero-order chi connectivity index (χ0) is 17.2. The Morgan fingerprint density at radius 1 is 1.36 bits per heavy atom. The molecule has 0 aliphatic carbocycles. The highest BCUT2D eigenvalue weighted by atomic mass is 32.2. The normalized spacial score (nSPS) is 13.0. The molecular weight excluding hydrogens is 360 g/mol. The number of thiophene rings is 1. The van der Waals surface area contributed by atoms with Gasteiger partial charge in [0.05, 0.1) is 16.3 Å². The molecule has 0 bridgehead atoms. The van der Waals surface area contributed by atoms with Gasteiger partial charge in [0.25, 0.3) is 5.91 Å². The van der Waals surface area contributed by atoms with Crippen LogP contribution in [-0.4, -0.2) is 39.2 Å². The number of hydrogen-bond acceptors (Lipinski definition) is 7. The molecule has 3 aromatic rings. The number of nitrogens with one attached hydrogen (secondary N) is 2. The molecule has 0 radical (unpaired) electrons. The number of anilines is 1. The summed E-state index contributed by atoms with van der Waals surface area (Å²) in [6, 6.07) is 8.90. The van der Waals surface area contributed by atoms with Crippen molar-refractivity contribution in [3.63, 3.8) is 0 Å². The van der Waals surface area contributed by atoms with Crippen LogP contribution in [0, 0.1) is 0 Å². The molecule has 25 heavy (non-hydrogen) atoms. The maximum absolute atomic E-state index is 12.4. The molecule has 3 heterocycles. The molecule has 1 aliphatic rings. The molecule has 1 aromatic carbocycles. The number of H-pyrrole nitrogens is 1. The van der Waals surface area contributed by atoms with Gasteiger partial charge in [-0.15, -0.1) is 16.4 Å². The highest BCUT2D eigenvalue weighted by molar-refractivity contribution is 7.99. The molecule has 126 valence electrons. The lowest BCUT2D eigenvalue weighted by molar-refractivity contribution is -0.118. The second-order valence-corrected chi connectivity index (χ2v) is 7.09. The van der Waals surface area contributed by atoms with E-state index >= 15 is 0 Å². The summed E-state index contributed by atoms with van der Waals surface area (Å²) in [4.78, 5) is 29.1. The van der Waals surface area contributed by atoms with E-state index in [2.05, 4.69) is 20.5 Å². The summed E-state index contributed by atoms with van der Waals surface area (Å²) in [7, 11) is 0. The zero-order valence-corrected chi connectivity index (χ0v) is 14.4. The first-order chi connectivity index (χ1) is 12.2. The summed E-state index contributed by atoms with van der Waals surface area (Å²) in [5, 5.41) is 12.2. The quantitative estimate of drug-likeness (QED) is 0.528. The molecule has 0 saturated carbocycles. The average Bonchev–Trinajstić information content (AvgIpc) is 3.30. The van der Waals surface area contributed by atoms with Crippen molar-refractivity contribution in [2.45, 2.75) is 5.16 Å². The molecule has 7 nitrogen and oxygen atoms in total. The van der Waals surface area contributed by atoms with Gasteiger partial charge in [-0.25, -0.2) is 4.98 Å². The fourth-order valence-electron chi connectivity index (χ4n) is 2.30. The van der Waals surface area contributed by atoms with Crippen molar-refractivity contribution in [2.24, 2.45) is 0 Å². The number of hydrogen-bond donors (Lipinski definition) is 2. The summed E-state index contributed by atoms with van der Waals surface area (Å²) in [6.07, 6.45) is 0. The molecule has 2 aromatic heterocycles. The Balaban J connectivity index is 1.42. The van der Waals surface area contributed by atoms with Crippen LogP contribution in [0.15, 0.2) is 40.9 Å². The first-order valence-corrected chi connectivity index (χ1v) is 9.24. The van der Waals surface area contributed by atoms with Gasteiger partial charge in [-0.1, -0.05) is 17.8 Å². The number of aromatic amines is 1. The maximum atomic E-state index is 12.4. The SMILES string of the molecule is O=C1COc2ccc(C(=O)CSc3n[nH]c(-c4cccs4)n3)cc2N1. The van der Waals surface area contributed by atoms with E-state index < -0.39 is 0 Å². The Hall–Kier alpha value is -2.65. The van der Waals surface area contributed by atoms with Gasteiger partial charge in [-0.3, -0.25) is 14.7 Å². The van der Waals surface area contributed by atoms with E-state index in [1.165, 1.54) is 11.8 Å². The maximum Gasteiger partial charge on any atom is 0.262 e. The Morgan fingerprint density at radius 3 is 3.12 bits per heavy atom. The summed E-state index contributed by atoms with van der Waals surface area (Å²) < 4.78 is 5.29. The number of ketones is 1. The van der Waals surface area contributed by atoms with Crippen molar-refractivity contribution in [1.82, 2.24) is 15.2 Å². The van der Waals surface area contributed by atoms with E-state index in [9.17, 15) is 9.59 Å². The molecule has 2 N–H and O–H groups in total. The van der Waals surface area contributed by atoms with Gasteiger partial charge in [0, 0.05) is 5.56 Å². The lowest BCUT2D eigenvalue weighted by Crippen LogP contribution is -2.25. The molecule has 0 fully saturated rings. The standard InChI is InChI=1S/C16H12N4O3S2/c21-11(9-3-4-12-10(6-9)17-14(22)7-23-12)8-25-16-18-15(19-20-16)13-2-1-5-24-13/h1-6H,7-8H2,(H,17,22)(H,18,19,20). The Labute approximate surface area is 150 Å². The van der Waals surface area contributed by atoms with E-state index in [0.29, 0.717) is 28.0 Å². The van der Waals surface area contributed by atoms with Crippen LogP contribution >= 0.6 is 23.1 Å². The number of ether oxygens (including phenoxy) is 1. The summed E-state index contributed by atoms with van der Waals surface area (Å²) in [5.74, 6) is 1.16. The highest BCUT2D eigenvalue weighted by Crippen LogP contribution is 2.29. The molecule has 1 amide bonds. The van der Waals surface area contributed by atoms with Gasteiger partial charge in [0.1, 0.15) is 5.75 Å². The lowest BCUT2D eigenvalue weighted by atomic mass is 10.1. The fraction of sp³-hybridized carbons (Fsp3) is 0.125. The summed E-state index contributed by atoms with van der Waals surface area (Å²) >= 11 is 2.83. The predicted molar refractivity (Wildman–Crippen MR) is 95.3 cm³/mol. The number of benzene rings is 1. The molecular formula is C16H12N4O3S2. The second kappa shape index (κ2) is 6.69. The number of carbonyl (C=O) groups is 2. The third-order valence-corrected chi connectivity index (χ3v) is 5.21. The number of rotatable bonds is 5. The molecule has 0 atom stereocenters. The second-order valence-electron chi connectivity index (χ2n) is 5.20. The first kappa shape index (κ1) is 15.9. The monoisotopic (exact) mass is 372 g/mol. The number of amides is 1. The van der Waals surface area contributed by atoms with E-state index in [-0.39, 0.29) is 24.1 Å². The van der Waals surface area contributed by atoms with Crippen molar-refractivity contribution in [3.05, 3.63) is 41.3 Å². The third-order valence-electron chi connectivity index (χ3n) is 3.49. The van der Waals surface area contributed by atoms with Crippen molar-refractivity contribution in [1.29, 1.82) is 0 Å². The predicted octanol–water partition coefficient (Wildman–Crippen LogP) is 2.84. The Morgan fingerprint density at radius 2 is 2.28 bits per heavy atom. The van der Waals surface area contributed by atoms with Crippen LogP contribution in [0.4, 0.5) is 5.69 Å². The molecule has 0 saturated heterocycles. The number of Topliss-reactive ketones (excluding diaryl/α,β-unsaturated/α-hetero) is 1. The van der Waals surface area contributed by atoms with E-state index in [4.69, 9.17) is 4.74 Å². The van der Waals surface area contributed by atoms with Crippen LogP contribution in [0.25, 0.3) is 10.7 Å². The topological polar surface area (TPSA) is 97.0 Å². The van der Waals surface area contributed by atoms with Crippen LogP contribution in [0.2, 0.25) is 0 Å². The van der Waals surface area contributed by atoms with Crippen LogP contribution in [0.1, 0.15) is 10.4 Å². The van der Waals surface area contributed by atoms with Gasteiger partial charge in [0.2, 0.25) is 5.16 Å². The van der Waals surface area contributed by atoms with Crippen LogP contribution < -0.4 is 10.1 Å². The van der Waals surface area contributed by atoms with Gasteiger partial charge >= 0.3 is 0 Å². The average molecular weight is 372 g/mol. The van der Waals surface area contributed by atoms with Crippen LogP contribution in [-0.2, 0) is 4.79 Å². The van der Waals surface area contributed by atoms with Gasteiger partial charge in [0.15, 0.2) is 18.2 Å². The zero-order valence-electron chi connectivity index (χ0n) is 12.8. The minimum atomic E-state index is -0.228. The molecule has 1 aliphatic heterocycles. The minimum absolute atomic E-state index is 0.00640. The van der Waals surface area contributed by atoms with Crippen molar-refractivity contribution in [3.8, 4) is 16.5 Å². The van der Waals surface area contributed by atoms with Crippen LogP contribution in [0.3, 0.4) is 0 Å². The number of carbonyl (C=O) groups excluding carboxylic acids is 2. The smallest absolute Gasteiger partial charge is 0.262 e. The highest BCUT2D eigenvalue weighted by Gasteiger charge is 2.18. The Kier molecular flexibility index (Phi) is 4.24. The van der Waals surface area contributed by atoms with Crippen LogP contribution in [0.5, 0.6) is 5.75 Å². The molecule has 4 rings (SSSR count). The fourth-order valence-corrected chi connectivity index (χ4v) is 3.66. The van der Waals surface area contributed by atoms with E-state index in [1.54, 1.807) is 29.5 Å². The van der Waals surface area contributed by atoms with Gasteiger partial charge in [-0.2, -0.15) is 0 Å². The number of fused-ring (bicyclic) bond motifs is 1. The Bertz CT molecular complexity index is 937. The van der Waals surface area contributed by atoms with Crippen molar-refractivity contribution < 1.29 is 14.3 Å². The molecule has 0 unspecified atom stereocenters. The number of thioether (sulfide) groups is 1. The van der Waals surface area contributed by atoms with Gasteiger partial charge < -0.3 is 10.1 Å². The largest absolute Gasteiger partial charge is 0.482 e. The van der Waals surface area contributed by atoms with Crippen molar-refractivity contribution in [2.75, 3.05) is 17.7 Å². The van der Waals surface area contributed by atoms with Crippen molar-refractivity contribution >= 4 is 40.5 Å². The van der Waals surface area contributed by atoms with E-state index in [1.807, 2.05) is 17.5 Å². The summed E-state index contributed by atoms with van der Waals surface area (Å²) in [5.41, 5.74) is 1.02. The number of aromatic nitrogens is 3. The lowest BCUT2D eigenvalue weighted by Gasteiger charge is -2.18. The minimum Gasteiger partial charge on any atom is -0.482 e. The summed E-state index contributed by atoms with van der Waals surface area (Å²) in [6.45, 7) is -0.00640.